The Hall–Kier alpha value is -2.56. The smallest absolute Gasteiger partial charge is 0.261 e. The molecule has 0 unspecified atom stereocenters. The number of hydrogen-bond acceptors (Lipinski definition) is 2. The quantitative estimate of drug-likeness (QED) is 0.664. The molecular formula is C21H18Cl2N2O2. The van der Waals surface area contributed by atoms with E-state index in [0.717, 1.165) is 11.3 Å². The van der Waals surface area contributed by atoms with E-state index in [9.17, 15) is 9.59 Å². The largest absolute Gasteiger partial charge is 0.344 e. The third-order valence-electron chi connectivity index (χ3n) is 4.37. The summed E-state index contributed by atoms with van der Waals surface area (Å²) in [6, 6.07) is 16.1. The molecule has 0 atom stereocenters. The zero-order valence-electron chi connectivity index (χ0n) is 14.9. The fourth-order valence-electron chi connectivity index (χ4n) is 2.98. The second-order valence-corrected chi connectivity index (χ2v) is 7.10. The lowest BCUT2D eigenvalue weighted by atomic mass is 10.1. The Morgan fingerprint density at radius 3 is 2.44 bits per heavy atom. The van der Waals surface area contributed by atoms with Gasteiger partial charge in [0.1, 0.15) is 5.56 Å². The number of amides is 1. The van der Waals surface area contributed by atoms with Crippen molar-refractivity contribution in [2.45, 2.75) is 20.4 Å². The number of aryl methyl sites for hydroxylation is 1. The molecule has 0 aliphatic rings. The maximum Gasteiger partial charge on any atom is 0.261 e. The first-order chi connectivity index (χ1) is 12.9. The average Bonchev–Trinajstić information content (AvgIpc) is 2.62. The van der Waals surface area contributed by atoms with Crippen molar-refractivity contribution < 1.29 is 4.79 Å². The summed E-state index contributed by atoms with van der Waals surface area (Å²) in [5.74, 6) is -0.511. The SMILES string of the molecule is Cc1cc(=O)c(C(=O)Nc2cc(Cl)ccc2Cl)c(C)n1Cc1ccccc1. The van der Waals surface area contributed by atoms with E-state index in [4.69, 9.17) is 23.2 Å². The van der Waals surface area contributed by atoms with E-state index in [0.29, 0.717) is 28.0 Å². The molecule has 4 nitrogen and oxygen atoms in total. The summed E-state index contributed by atoms with van der Waals surface area (Å²) in [5.41, 5.74) is 2.59. The van der Waals surface area contributed by atoms with Gasteiger partial charge in [0, 0.05) is 29.0 Å². The van der Waals surface area contributed by atoms with E-state index in [1.165, 1.54) is 6.07 Å². The minimum atomic E-state index is -0.511. The van der Waals surface area contributed by atoms with Crippen LogP contribution in [-0.2, 0) is 6.54 Å². The van der Waals surface area contributed by atoms with Crippen molar-refractivity contribution in [3.05, 3.63) is 97.4 Å². The monoisotopic (exact) mass is 400 g/mol. The zero-order chi connectivity index (χ0) is 19.6. The van der Waals surface area contributed by atoms with Crippen LogP contribution in [0.2, 0.25) is 10.0 Å². The minimum absolute atomic E-state index is 0.0903. The Kier molecular flexibility index (Phi) is 5.68. The van der Waals surface area contributed by atoms with Gasteiger partial charge in [-0.3, -0.25) is 9.59 Å². The fourth-order valence-corrected chi connectivity index (χ4v) is 3.32. The molecule has 6 heteroatoms. The molecule has 2 aromatic carbocycles. The maximum absolute atomic E-state index is 12.8. The lowest BCUT2D eigenvalue weighted by Gasteiger charge is -2.18. The molecule has 0 radical (unpaired) electrons. The Balaban J connectivity index is 2.00. The van der Waals surface area contributed by atoms with E-state index in [1.54, 1.807) is 25.1 Å². The number of nitrogens with zero attached hydrogens (tertiary/aromatic N) is 1. The van der Waals surface area contributed by atoms with Crippen LogP contribution in [0.4, 0.5) is 5.69 Å². The second kappa shape index (κ2) is 7.99. The molecule has 0 aliphatic carbocycles. The van der Waals surface area contributed by atoms with Gasteiger partial charge in [0.25, 0.3) is 5.91 Å². The summed E-state index contributed by atoms with van der Waals surface area (Å²) >= 11 is 12.1. The molecule has 138 valence electrons. The fraction of sp³-hybridized carbons (Fsp3) is 0.143. The summed E-state index contributed by atoms with van der Waals surface area (Å²) in [6.07, 6.45) is 0. The number of anilines is 1. The Bertz CT molecular complexity index is 1060. The molecule has 0 saturated heterocycles. The Morgan fingerprint density at radius 2 is 1.74 bits per heavy atom. The van der Waals surface area contributed by atoms with Crippen molar-refractivity contribution >= 4 is 34.8 Å². The van der Waals surface area contributed by atoms with E-state index in [2.05, 4.69) is 5.32 Å². The number of benzene rings is 2. The van der Waals surface area contributed by atoms with Crippen molar-refractivity contribution in [3.8, 4) is 0 Å². The maximum atomic E-state index is 12.8. The molecule has 1 N–H and O–H groups in total. The second-order valence-electron chi connectivity index (χ2n) is 6.26. The van der Waals surface area contributed by atoms with E-state index < -0.39 is 5.91 Å². The third-order valence-corrected chi connectivity index (χ3v) is 4.93. The third kappa shape index (κ3) is 4.24. The van der Waals surface area contributed by atoms with E-state index >= 15 is 0 Å². The summed E-state index contributed by atoms with van der Waals surface area (Å²) in [5, 5.41) is 3.48. The molecule has 0 spiro atoms. The molecule has 27 heavy (non-hydrogen) atoms. The number of rotatable bonds is 4. The highest BCUT2D eigenvalue weighted by Gasteiger charge is 2.18. The van der Waals surface area contributed by atoms with Crippen LogP contribution in [0.5, 0.6) is 0 Å². The molecule has 0 saturated carbocycles. The van der Waals surface area contributed by atoms with Crippen LogP contribution in [0, 0.1) is 13.8 Å². The van der Waals surface area contributed by atoms with Crippen LogP contribution in [0.1, 0.15) is 27.3 Å². The van der Waals surface area contributed by atoms with Crippen molar-refractivity contribution in [1.29, 1.82) is 0 Å². The Labute approximate surface area is 167 Å². The molecule has 0 bridgehead atoms. The molecule has 1 heterocycles. The highest BCUT2D eigenvalue weighted by Crippen LogP contribution is 2.26. The molecule has 3 rings (SSSR count). The lowest BCUT2D eigenvalue weighted by molar-refractivity contribution is 0.102. The van der Waals surface area contributed by atoms with Crippen LogP contribution in [0.25, 0.3) is 0 Å². The summed E-state index contributed by atoms with van der Waals surface area (Å²) in [6.45, 7) is 4.19. The van der Waals surface area contributed by atoms with Crippen molar-refractivity contribution in [2.24, 2.45) is 0 Å². The van der Waals surface area contributed by atoms with Gasteiger partial charge in [0.15, 0.2) is 5.43 Å². The molecule has 0 fully saturated rings. The number of carbonyl (C=O) groups is 1. The van der Waals surface area contributed by atoms with E-state index in [1.807, 2.05) is 41.8 Å². The first-order valence-electron chi connectivity index (χ1n) is 8.38. The molecule has 0 aliphatic heterocycles. The van der Waals surface area contributed by atoms with Gasteiger partial charge in [-0.1, -0.05) is 53.5 Å². The first kappa shape index (κ1) is 19.2. The molecule has 1 aromatic heterocycles. The highest BCUT2D eigenvalue weighted by molar-refractivity contribution is 6.35. The van der Waals surface area contributed by atoms with Crippen LogP contribution in [-0.4, -0.2) is 10.5 Å². The van der Waals surface area contributed by atoms with Crippen molar-refractivity contribution in [2.75, 3.05) is 5.32 Å². The predicted octanol–water partition coefficient (Wildman–Crippen LogP) is 5.07. The van der Waals surface area contributed by atoms with Crippen LogP contribution >= 0.6 is 23.2 Å². The topological polar surface area (TPSA) is 51.1 Å². The predicted molar refractivity (Wildman–Crippen MR) is 110 cm³/mol. The molecule has 3 aromatic rings. The standard InChI is InChI=1S/C21H18Cl2N2O2/c1-13-10-19(26)20(14(2)25(13)12-15-6-4-3-5-7-15)21(27)24-18-11-16(22)8-9-17(18)23/h3-11H,12H2,1-2H3,(H,24,27). The van der Waals surface area contributed by atoms with Gasteiger partial charge in [0.2, 0.25) is 0 Å². The minimum Gasteiger partial charge on any atom is -0.344 e. The summed E-state index contributed by atoms with van der Waals surface area (Å²) in [4.78, 5) is 25.3. The first-order valence-corrected chi connectivity index (χ1v) is 9.14. The molecule has 1 amide bonds. The van der Waals surface area contributed by atoms with Gasteiger partial charge in [-0.05, 0) is 37.6 Å². The Morgan fingerprint density at radius 1 is 1.04 bits per heavy atom. The van der Waals surface area contributed by atoms with Crippen molar-refractivity contribution in [1.82, 2.24) is 4.57 Å². The van der Waals surface area contributed by atoms with E-state index in [-0.39, 0.29) is 11.0 Å². The van der Waals surface area contributed by atoms with Gasteiger partial charge >= 0.3 is 0 Å². The van der Waals surface area contributed by atoms with Crippen LogP contribution in [0.3, 0.4) is 0 Å². The van der Waals surface area contributed by atoms with Crippen LogP contribution < -0.4 is 10.7 Å². The van der Waals surface area contributed by atoms with Gasteiger partial charge in [0.05, 0.1) is 10.7 Å². The average molecular weight is 401 g/mol. The number of aromatic nitrogens is 1. The van der Waals surface area contributed by atoms with Gasteiger partial charge in [-0.15, -0.1) is 0 Å². The lowest BCUT2D eigenvalue weighted by Crippen LogP contribution is -2.27. The van der Waals surface area contributed by atoms with Crippen molar-refractivity contribution in [3.63, 3.8) is 0 Å². The van der Waals surface area contributed by atoms with Gasteiger partial charge in [-0.2, -0.15) is 0 Å². The summed E-state index contributed by atoms with van der Waals surface area (Å²) < 4.78 is 1.95. The number of halogens is 2. The normalized spacial score (nSPS) is 10.7. The molecular weight excluding hydrogens is 383 g/mol. The number of carbonyl (C=O) groups excluding carboxylic acids is 1. The summed E-state index contributed by atoms with van der Waals surface area (Å²) in [7, 11) is 0. The van der Waals surface area contributed by atoms with Gasteiger partial charge < -0.3 is 9.88 Å². The van der Waals surface area contributed by atoms with Crippen LogP contribution in [0.15, 0.2) is 59.4 Å². The zero-order valence-corrected chi connectivity index (χ0v) is 16.4. The number of nitrogens with one attached hydrogen (secondary N) is 1. The van der Waals surface area contributed by atoms with Gasteiger partial charge in [-0.25, -0.2) is 0 Å². The highest BCUT2D eigenvalue weighted by atomic mass is 35.5. The number of hydrogen-bond donors (Lipinski definition) is 1. The number of pyridine rings is 1.